The van der Waals surface area contributed by atoms with Crippen LogP contribution < -0.4 is 10.9 Å². The molecule has 22 heavy (non-hydrogen) atoms. The number of aromatic amines is 1. The molecule has 5 nitrogen and oxygen atoms in total. The number of nitrogens with one attached hydrogen (secondary N) is 2. The average Bonchev–Trinajstić information content (AvgIpc) is 3.20. The quantitative estimate of drug-likeness (QED) is 0.760. The molecule has 2 N–H and O–H groups in total. The highest BCUT2D eigenvalue weighted by atomic mass is 32.1. The van der Waals surface area contributed by atoms with Gasteiger partial charge in [0.25, 0.3) is 11.5 Å². The normalized spacial score (nSPS) is 10.5. The van der Waals surface area contributed by atoms with E-state index in [1.165, 1.54) is 17.9 Å². The van der Waals surface area contributed by atoms with Crippen LogP contribution in [0.2, 0.25) is 0 Å². The second kappa shape index (κ2) is 6.44. The first kappa shape index (κ1) is 14.3. The molecule has 112 valence electrons. The first-order valence-electron chi connectivity index (χ1n) is 6.80. The van der Waals surface area contributed by atoms with Crippen molar-refractivity contribution in [1.82, 2.24) is 10.3 Å². The maximum absolute atomic E-state index is 12.0. The Morgan fingerprint density at radius 2 is 2.18 bits per heavy atom. The van der Waals surface area contributed by atoms with E-state index in [-0.39, 0.29) is 11.5 Å². The molecule has 3 aromatic rings. The van der Waals surface area contributed by atoms with Gasteiger partial charge in [0.05, 0.1) is 12.0 Å². The van der Waals surface area contributed by atoms with Crippen LogP contribution in [0.25, 0.3) is 11.5 Å². The highest BCUT2D eigenvalue weighted by molar-refractivity contribution is 7.07. The number of hydrogen-bond donors (Lipinski definition) is 2. The molecule has 0 aliphatic rings. The van der Waals surface area contributed by atoms with Crippen molar-refractivity contribution in [3.8, 4) is 11.5 Å². The number of pyridine rings is 1. The lowest BCUT2D eigenvalue weighted by Crippen LogP contribution is -2.31. The number of thiophene rings is 1. The summed E-state index contributed by atoms with van der Waals surface area (Å²) < 4.78 is 5.21. The molecule has 0 atom stereocenters. The molecule has 0 radical (unpaired) electrons. The predicted molar refractivity (Wildman–Crippen MR) is 85.1 cm³/mol. The molecule has 0 saturated heterocycles. The lowest BCUT2D eigenvalue weighted by Gasteiger charge is -2.04. The standard InChI is InChI=1S/C16H14N2O3S/c19-15(17-7-5-11-6-9-22-10-11)12-3-4-13(18-16(12)20)14-2-1-8-21-14/h1-4,6,8-10H,5,7H2,(H,17,19)(H,18,20). The molecular weight excluding hydrogens is 300 g/mol. The molecule has 0 bridgehead atoms. The van der Waals surface area contributed by atoms with Crippen molar-refractivity contribution in [2.24, 2.45) is 0 Å². The Bertz CT molecular complexity index is 804. The van der Waals surface area contributed by atoms with Crippen LogP contribution in [-0.4, -0.2) is 17.4 Å². The molecule has 6 heteroatoms. The first-order chi connectivity index (χ1) is 10.7. The van der Waals surface area contributed by atoms with Gasteiger partial charge in [-0.3, -0.25) is 9.59 Å². The van der Waals surface area contributed by atoms with Crippen molar-refractivity contribution in [2.45, 2.75) is 6.42 Å². The summed E-state index contributed by atoms with van der Waals surface area (Å²) in [6, 6.07) is 8.66. The smallest absolute Gasteiger partial charge is 0.261 e. The Balaban J connectivity index is 1.66. The zero-order valence-corrected chi connectivity index (χ0v) is 12.5. The van der Waals surface area contributed by atoms with Crippen LogP contribution in [0.5, 0.6) is 0 Å². The third kappa shape index (κ3) is 3.17. The maximum Gasteiger partial charge on any atom is 0.261 e. The molecule has 1 amide bonds. The van der Waals surface area contributed by atoms with Crippen molar-refractivity contribution < 1.29 is 9.21 Å². The third-order valence-electron chi connectivity index (χ3n) is 3.22. The van der Waals surface area contributed by atoms with Gasteiger partial charge in [-0.25, -0.2) is 0 Å². The van der Waals surface area contributed by atoms with Crippen LogP contribution in [0.3, 0.4) is 0 Å². The number of rotatable bonds is 5. The van der Waals surface area contributed by atoms with Crippen LogP contribution in [0, 0.1) is 0 Å². The summed E-state index contributed by atoms with van der Waals surface area (Å²) >= 11 is 1.62. The van der Waals surface area contributed by atoms with E-state index in [9.17, 15) is 9.59 Å². The second-order valence-electron chi connectivity index (χ2n) is 4.73. The summed E-state index contributed by atoms with van der Waals surface area (Å²) in [6.45, 7) is 0.495. The SMILES string of the molecule is O=C(NCCc1ccsc1)c1ccc(-c2ccco2)[nH]c1=O. The number of hydrogen-bond acceptors (Lipinski definition) is 4. The number of aromatic nitrogens is 1. The zero-order valence-electron chi connectivity index (χ0n) is 11.7. The summed E-state index contributed by atoms with van der Waals surface area (Å²) in [7, 11) is 0. The summed E-state index contributed by atoms with van der Waals surface area (Å²) in [5.41, 5.74) is 1.39. The molecule has 3 aromatic heterocycles. The van der Waals surface area contributed by atoms with Gasteiger partial charge in [0.2, 0.25) is 0 Å². The largest absolute Gasteiger partial charge is 0.463 e. The van der Waals surface area contributed by atoms with Gasteiger partial charge in [-0.05, 0) is 53.1 Å². The molecule has 3 heterocycles. The van der Waals surface area contributed by atoms with E-state index in [1.807, 2.05) is 16.8 Å². The first-order valence-corrected chi connectivity index (χ1v) is 7.75. The highest BCUT2D eigenvalue weighted by Gasteiger charge is 2.11. The van der Waals surface area contributed by atoms with Crippen molar-refractivity contribution >= 4 is 17.2 Å². The number of carbonyl (C=O) groups is 1. The van der Waals surface area contributed by atoms with E-state index in [0.29, 0.717) is 18.0 Å². The number of H-pyrrole nitrogens is 1. The van der Waals surface area contributed by atoms with Gasteiger partial charge in [0, 0.05) is 6.54 Å². The van der Waals surface area contributed by atoms with E-state index in [2.05, 4.69) is 10.3 Å². The van der Waals surface area contributed by atoms with Crippen LogP contribution in [0.4, 0.5) is 0 Å². The molecule has 3 rings (SSSR count). The summed E-state index contributed by atoms with van der Waals surface area (Å²) in [4.78, 5) is 26.7. The molecule has 0 aliphatic heterocycles. The Hall–Kier alpha value is -2.60. The molecule has 0 spiro atoms. The summed E-state index contributed by atoms with van der Waals surface area (Å²) in [5, 5.41) is 6.79. The predicted octanol–water partition coefficient (Wildman–Crippen LogP) is 2.67. The van der Waals surface area contributed by atoms with Gasteiger partial charge in [-0.1, -0.05) is 0 Å². The average molecular weight is 314 g/mol. The van der Waals surface area contributed by atoms with E-state index in [4.69, 9.17) is 4.42 Å². The minimum absolute atomic E-state index is 0.0978. The summed E-state index contributed by atoms with van der Waals surface area (Å²) in [6.07, 6.45) is 2.27. The van der Waals surface area contributed by atoms with E-state index in [0.717, 1.165) is 6.42 Å². The number of carbonyl (C=O) groups excluding carboxylic acids is 1. The maximum atomic E-state index is 12.0. The van der Waals surface area contributed by atoms with Gasteiger partial charge in [-0.15, -0.1) is 0 Å². The molecule has 0 saturated carbocycles. The van der Waals surface area contributed by atoms with Crippen molar-refractivity contribution in [2.75, 3.05) is 6.54 Å². The number of amides is 1. The van der Waals surface area contributed by atoms with Gasteiger partial charge >= 0.3 is 0 Å². The lowest BCUT2D eigenvalue weighted by atomic mass is 10.2. The Morgan fingerprint density at radius 1 is 1.27 bits per heavy atom. The Labute approximate surface area is 130 Å². The second-order valence-corrected chi connectivity index (χ2v) is 5.51. The van der Waals surface area contributed by atoms with Gasteiger partial charge in [0.15, 0.2) is 0 Å². The minimum atomic E-state index is -0.429. The fraction of sp³-hybridized carbons (Fsp3) is 0.125. The summed E-state index contributed by atoms with van der Waals surface area (Å²) in [5.74, 6) is 0.184. The van der Waals surface area contributed by atoms with Crippen molar-refractivity contribution in [3.05, 3.63) is 68.8 Å². The van der Waals surface area contributed by atoms with Crippen LogP contribution >= 0.6 is 11.3 Å². The van der Waals surface area contributed by atoms with E-state index >= 15 is 0 Å². The molecule has 0 fully saturated rings. The highest BCUT2D eigenvalue weighted by Crippen LogP contribution is 2.15. The molecule has 0 aliphatic carbocycles. The van der Waals surface area contributed by atoms with Crippen LogP contribution in [0.15, 0.2) is 56.6 Å². The Kier molecular flexibility index (Phi) is 4.20. The van der Waals surface area contributed by atoms with E-state index in [1.54, 1.807) is 29.5 Å². The molecular formula is C16H14N2O3S. The van der Waals surface area contributed by atoms with Gasteiger partial charge in [0.1, 0.15) is 11.3 Å². The lowest BCUT2D eigenvalue weighted by molar-refractivity contribution is 0.0952. The van der Waals surface area contributed by atoms with Crippen molar-refractivity contribution in [1.29, 1.82) is 0 Å². The fourth-order valence-electron chi connectivity index (χ4n) is 2.08. The minimum Gasteiger partial charge on any atom is -0.463 e. The fourth-order valence-corrected chi connectivity index (χ4v) is 2.78. The monoisotopic (exact) mass is 314 g/mol. The third-order valence-corrected chi connectivity index (χ3v) is 3.95. The zero-order chi connectivity index (χ0) is 15.4. The number of furan rings is 1. The van der Waals surface area contributed by atoms with Crippen LogP contribution in [0.1, 0.15) is 15.9 Å². The molecule has 0 unspecified atom stereocenters. The molecule has 0 aromatic carbocycles. The topological polar surface area (TPSA) is 75.1 Å². The van der Waals surface area contributed by atoms with Crippen LogP contribution in [-0.2, 0) is 6.42 Å². The Morgan fingerprint density at radius 3 is 2.86 bits per heavy atom. The van der Waals surface area contributed by atoms with Crippen molar-refractivity contribution in [3.63, 3.8) is 0 Å². The van der Waals surface area contributed by atoms with Gasteiger partial charge in [-0.2, -0.15) is 11.3 Å². The van der Waals surface area contributed by atoms with E-state index < -0.39 is 5.56 Å². The van der Waals surface area contributed by atoms with Gasteiger partial charge < -0.3 is 14.7 Å².